The lowest BCUT2D eigenvalue weighted by Crippen LogP contribution is -2.21. The molecule has 0 aliphatic carbocycles. The SMILES string of the molecule is N#Cc1ccc(NC(=O)COC(=O)c2cc(Br)ccc2O)cc1Cl. The molecule has 0 heterocycles. The number of carbonyl (C=O) groups is 2. The van der Waals surface area contributed by atoms with Crippen LogP contribution in [0.5, 0.6) is 5.75 Å². The van der Waals surface area contributed by atoms with Crippen LogP contribution in [0.4, 0.5) is 5.69 Å². The van der Waals surface area contributed by atoms with Gasteiger partial charge in [0.25, 0.3) is 5.91 Å². The van der Waals surface area contributed by atoms with Crippen molar-refractivity contribution in [2.24, 2.45) is 0 Å². The molecule has 24 heavy (non-hydrogen) atoms. The minimum absolute atomic E-state index is 0.0569. The van der Waals surface area contributed by atoms with Crippen molar-refractivity contribution in [2.75, 3.05) is 11.9 Å². The predicted molar refractivity (Wildman–Crippen MR) is 90.9 cm³/mol. The number of phenolic OH excluding ortho intramolecular Hbond substituents is 1. The van der Waals surface area contributed by atoms with Crippen LogP contribution in [0.2, 0.25) is 5.02 Å². The molecule has 0 aliphatic heterocycles. The van der Waals surface area contributed by atoms with Gasteiger partial charge in [0.1, 0.15) is 17.4 Å². The van der Waals surface area contributed by atoms with E-state index in [0.717, 1.165) is 0 Å². The van der Waals surface area contributed by atoms with Crippen LogP contribution in [0.3, 0.4) is 0 Å². The van der Waals surface area contributed by atoms with E-state index in [1.807, 2.05) is 6.07 Å². The van der Waals surface area contributed by atoms with Crippen molar-refractivity contribution in [3.8, 4) is 11.8 Å². The summed E-state index contributed by atoms with van der Waals surface area (Å²) in [4.78, 5) is 23.7. The zero-order chi connectivity index (χ0) is 17.7. The smallest absolute Gasteiger partial charge is 0.342 e. The van der Waals surface area contributed by atoms with Crippen molar-refractivity contribution in [2.45, 2.75) is 0 Å². The maximum absolute atomic E-state index is 11.9. The van der Waals surface area contributed by atoms with Gasteiger partial charge in [-0.15, -0.1) is 0 Å². The van der Waals surface area contributed by atoms with Crippen LogP contribution >= 0.6 is 27.5 Å². The van der Waals surface area contributed by atoms with Gasteiger partial charge in [0, 0.05) is 10.2 Å². The third-order valence-corrected chi connectivity index (χ3v) is 3.69. The van der Waals surface area contributed by atoms with Crippen molar-refractivity contribution in [3.05, 3.63) is 57.0 Å². The van der Waals surface area contributed by atoms with Gasteiger partial charge in [0.05, 0.1) is 10.6 Å². The monoisotopic (exact) mass is 408 g/mol. The third kappa shape index (κ3) is 4.47. The summed E-state index contributed by atoms with van der Waals surface area (Å²) in [5, 5.41) is 21.1. The zero-order valence-electron chi connectivity index (χ0n) is 12.0. The quantitative estimate of drug-likeness (QED) is 0.753. The number of halogens is 2. The summed E-state index contributed by atoms with van der Waals surface area (Å²) in [6, 6.07) is 10.6. The number of anilines is 1. The molecule has 2 rings (SSSR count). The summed E-state index contributed by atoms with van der Waals surface area (Å²) in [6.07, 6.45) is 0. The number of esters is 1. The Hall–Kier alpha value is -2.56. The number of rotatable bonds is 4. The van der Waals surface area contributed by atoms with Crippen LogP contribution in [0.25, 0.3) is 0 Å². The Balaban J connectivity index is 1.96. The van der Waals surface area contributed by atoms with Gasteiger partial charge in [-0.2, -0.15) is 5.26 Å². The Kier molecular flexibility index (Phi) is 5.79. The number of hydrogen-bond donors (Lipinski definition) is 2. The molecule has 2 aromatic carbocycles. The molecule has 6 nitrogen and oxygen atoms in total. The number of amides is 1. The minimum Gasteiger partial charge on any atom is -0.507 e. The van der Waals surface area contributed by atoms with Gasteiger partial charge in [-0.25, -0.2) is 4.79 Å². The summed E-state index contributed by atoms with van der Waals surface area (Å²) in [7, 11) is 0. The first-order valence-corrected chi connectivity index (χ1v) is 7.73. The van der Waals surface area contributed by atoms with E-state index in [1.165, 1.54) is 30.3 Å². The standard InChI is InChI=1S/C16H10BrClN2O4/c17-10-2-4-14(21)12(5-10)16(23)24-8-15(22)20-11-3-1-9(7-19)13(18)6-11/h1-6,21H,8H2,(H,20,22). The molecule has 0 spiro atoms. The number of benzene rings is 2. The van der Waals surface area contributed by atoms with Crippen molar-refractivity contribution in [1.29, 1.82) is 5.26 Å². The van der Waals surface area contributed by atoms with Crippen molar-refractivity contribution in [1.82, 2.24) is 0 Å². The van der Waals surface area contributed by atoms with Gasteiger partial charge in [0.15, 0.2) is 6.61 Å². The zero-order valence-corrected chi connectivity index (χ0v) is 14.4. The van der Waals surface area contributed by atoms with Gasteiger partial charge >= 0.3 is 5.97 Å². The van der Waals surface area contributed by atoms with E-state index < -0.39 is 18.5 Å². The molecule has 0 bridgehead atoms. The summed E-state index contributed by atoms with van der Waals surface area (Å²) >= 11 is 9.04. The first-order chi connectivity index (χ1) is 11.4. The number of nitriles is 1. The highest BCUT2D eigenvalue weighted by atomic mass is 79.9. The minimum atomic E-state index is -0.832. The molecule has 1 amide bonds. The van der Waals surface area contributed by atoms with Crippen molar-refractivity contribution < 1.29 is 19.4 Å². The lowest BCUT2D eigenvalue weighted by molar-refractivity contribution is -0.119. The number of aromatic hydroxyl groups is 1. The van der Waals surface area contributed by atoms with Gasteiger partial charge in [-0.05, 0) is 36.4 Å². The van der Waals surface area contributed by atoms with E-state index in [-0.39, 0.29) is 21.9 Å². The van der Waals surface area contributed by atoms with Gasteiger partial charge in [0.2, 0.25) is 0 Å². The number of phenols is 1. The highest BCUT2D eigenvalue weighted by Gasteiger charge is 2.15. The fourth-order valence-corrected chi connectivity index (χ4v) is 2.35. The van der Waals surface area contributed by atoms with Crippen LogP contribution in [0.15, 0.2) is 40.9 Å². The average molecular weight is 410 g/mol. The Bertz CT molecular complexity index is 848. The second kappa shape index (κ2) is 7.81. The Labute approximate surface area is 150 Å². The van der Waals surface area contributed by atoms with Crippen molar-refractivity contribution >= 4 is 45.1 Å². The second-order valence-electron chi connectivity index (χ2n) is 4.59. The maximum atomic E-state index is 11.9. The van der Waals surface area contributed by atoms with E-state index in [0.29, 0.717) is 10.2 Å². The highest BCUT2D eigenvalue weighted by Crippen LogP contribution is 2.23. The van der Waals surface area contributed by atoms with E-state index in [1.54, 1.807) is 6.07 Å². The Morgan fingerprint density at radius 3 is 2.71 bits per heavy atom. The van der Waals surface area contributed by atoms with Gasteiger partial charge in [-0.1, -0.05) is 27.5 Å². The molecule has 0 unspecified atom stereocenters. The maximum Gasteiger partial charge on any atom is 0.342 e. The van der Waals surface area contributed by atoms with Crippen LogP contribution in [0, 0.1) is 11.3 Å². The number of nitrogens with zero attached hydrogens (tertiary/aromatic N) is 1. The fourth-order valence-electron chi connectivity index (χ4n) is 1.76. The Morgan fingerprint density at radius 1 is 1.29 bits per heavy atom. The molecule has 2 aromatic rings. The van der Waals surface area contributed by atoms with E-state index >= 15 is 0 Å². The fraction of sp³-hybridized carbons (Fsp3) is 0.0625. The van der Waals surface area contributed by atoms with E-state index in [9.17, 15) is 14.7 Å². The molecule has 122 valence electrons. The molecule has 0 radical (unpaired) electrons. The second-order valence-corrected chi connectivity index (χ2v) is 5.92. The normalized spacial score (nSPS) is 9.88. The molecule has 0 saturated carbocycles. The largest absolute Gasteiger partial charge is 0.507 e. The number of carbonyl (C=O) groups excluding carboxylic acids is 2. The number of ether oxygens (including phenoxy) is 1. The van der Waals surface area contributed by atoms with E-state index in [4.69, 9.17) is 21.6 Å². The van der Waals surface area contributed by atoms with Gasteiger partial charge < -0.3 is 15.2 Å². The molecule has 0 aliphatic rings. The third-order valence-electron chi connectivity index (χ3n) is 2.89. The summed E-state index contributed by atoms with van der Waals surface area (Å²) in [5.41, 5.74) is 0.593. The first kappa shape index (κ1) is 17.8. The molecular weight excluding hydrogens is 400 g/mol. The molecule has 8 heteroatoms. The van der Waals surface area contributed by atoms with Gasteiger partial charge in [-0.3, -0.25) is 4.79 Å². The van der Waals surface area contributed by atoms with Crippen LogP contribution in [-0.2, 0) is 9.53 Å². The molecule has 0 saturated heterocycles. The summed E-state index contributed by atoms with van der Waals surface area (Å²) < 4.78 is 5.44. The summed E-state index contributed by atoms with van der Waals surface area (Å²) in [5.74, 6) is -1.66. The van der Waals surface area contributed by atoms with Crippen LogP contribution in [0.1, 0.15) is 15.9 Å². The summed E-state index contributed by atoms with van der Waals surface area (Å²) in [6.45, 7) is -0.539. The number of nitrogens with one attached hydrogen (secondary N) is 1. The Morgan fingerprint density at radius 2 is 2.04 bits per heavy atom. The molecular formula is C16H10BrClN2O4. The van der Waals surface area contributed by atoms with Crippen LogP contribution in [-0.4, -0.2) is 23.6 Å². The molecule has 2 N–H and O–H groups in total. The molecule has 0 fully saturated rings. The predicted octanol–water partition coefficient (Wildman–Crippen LogP) is 3.48. The topological polar surface area (TPSA) is 99.4 Å². The molecule has 0 atom stereocenters. The highest BCUT2D eigenvalue weighted by molar-refractivity contribution is 9.10. The molecule has 0 aromatic heterocycles. The van der Waals surface area contributed by atoms with E-state index in [2.05, 4.69) is 21.2 Å². The lowest BCUT2D eigenvalue weighted by Gasteiger charge is -2.08. The van der Waals surface area contributed by atoms with Crippen LogP contribution < -0.4 is 5.32 Å². The lowest BCUT2D eigenvalue weighted by atomic mass is 10.2. The number of hydrogen-bond acceptors (Lipinski definition) is 5. The van der Waals surface area contributed by atoms with Crippen molar-refractivity contribution in [3.63, 3.8) is 0 Å². The average Bonchev–Trinajstić information content (AvgIpc) is 2.55. The first-order valence-electron chi connectivity index (χ1n) is 6.56.